The first-order chi connectivity index (χ1) is 12.5. The Bertz CT molecular complexity index is 904. The van der Waals surface area contributed by atoms with Crippen molar-refractivity contribution in [1.29, 1.82) is 0 Å². The van der Waals surface area contributed by atoms with Gasteiger partial charge >= 0.3 is 0 Å². The number of oxazole rings is 1. The molecule has 0 saturated heterocycles. The Hall–Kier alpha value is -2.14. The molecule has 1 aromatic carbocycles. The van der Waals surface area contributed by atoms with E-state index in [0.717, 1.165) is 17.0 Å². The Labute approximate surface area is 178 Å². The topological polar surface area (TPSA) is 101 Å². The lowest BCUT2D eigenvalue weighted by molar-refractivity contribution is 0.375. The minimum absolute atomic E-state index is 0. The van der Waals surface area contributed by atoms with Gasteiger partial charge in [0, 0.05) is 17.6 Å². The SMILES string of the molecule is CN=C(NCc1nc(-c2cccc(Cl)c2)no1)NCc1nc(C)c(C)o1.I. The van der Waals surface area contributed by atoms with Crippen LogP contribution >= 0.6 is 35.6 Å². The van der Waals surface area contributed by atoms with Crippen molar-refractivity contribution in [2.75, 3.05) is 7.05 Å². The molecule has 3 aromatic rings. The van der Waals surface area contributed by atoms with Crippen LogP contribution in [0.1, 0.15) is 23.2 Å². The van der Waals surface area contributed by atoms with Crippen molar-refractivity contribution < 1.29 is 8.94 Å². The quantitative estimate of drug-likeness (QED) is 0.313. The summed E-state index contributed by atoms with van der Waals surface area (Å²) >= 11 is 5.98. The van der Waals surface area contributed by atoms with E-state index in [1.807, 2.05) is 26.0 Å². The number of nitrogens with zero attached hydrogens (tertiary/aromatic N) is 4. The van der Waals surface area contributed by atoms with Gasteiger partial charge in [0.15, 0.2) is 5.96 Å². The molecule has 0 radical (unpaired) electrons. The van der Waals surface area contributed by atoms with Gasteiger partial charge in [-0.25, -0.2) is 4.98 Å². The van der Waals surface area contributed by atoms with Crippen LogP contribution in [-0.2, 0) is 13.1 Å². The lowest BCUT2D eigenvalue weighted by Crippen LogP contribution is -2.36. The van der Waals surface area contributed by atoms with Crippen molar-refractivity contribution in [3.8, 4) is 11.4 Å². The molecule has 2 N–H and O–H groups in total. The number of hydrogen-bond acceptors (Lipinski definition) is 6. The molecule has 144 valence electrons. The van der Waals surface area contributed by atoms with Crippen LogP contribution in [-0.4, -0.2) is 28.1 Å². The lowest BCUT2D eigenvalue weighted by atomic mass is 10.2. The number of aliphatic imine (C=N–C) groups is 1. The third-order valence-electron chi connectivity index (χ3n) is 3.66. The zero-order valence-electron chi connectivity index (χ0n) is 15.1. The van der Waals surface area contributed by atoms with Crippen LogP contribution in [0.5, 0.6) is 0 Å². The fourth-order valence-corrected chi connectivity index (χ4v) is 2.42. The third-order valence-corrected chi connectivity index (χ3v) is 3.90. The smallest absolute Gasteiger partial charge is 0.246 e. The van der Waals surface area contributed by atoms with Gasteiger partial charge in [-0.1, -0.05) is 28.9 Å². The van der Waals surface area contributed by atoms with E-state index in [1.54, 1.807) is 19.2 Å². The number of hydrogen-bond donors (Lipinski definition) is 2. The summed E-state index contributed by atoms with van der Waals surface area (Å²) in [5.41, 5.74) is 1.67. The number of halogens is 2. The number of rotatable bonds is 5. The van der Waals surface area contributed by atoms with Crippen LogP contribution in [0.4, 0.5) is 0 Å². The Balaban J connectivity index is 0.00000261. The average molecular weight is 503 g/mol. The maximum atomic E-state index is 5.98. The van der Waals surface area contributed by atoms with Crippen molar-refractivity contribution in [3.05, 3.63) is 52.5 Å². The van der Waals surface area contributed by atoms with Crippen LogP contribution in [0.3, 0.4) is 0 Å². The molecule has 2 heterocycles. The average Bonchev–Trinajstić information content (AvgIpc) is 3.22. The molecule has 0 fully saturated rings. The van der Waals surface area contributed by atoms with Gasteiger partial charge in [-0.3, -0.25) is 4.99 Å². The molecular weight excluding hydrogens is 483 g/mol. The molecule has 0 spiro atoms. The third kappa shape index (κ3) is 5.67. The van der Waals surface area contributed by atoms with Crippen molar-refractivity contribution >= 4 is 41.5 Å². The second-order valence-corrected chi connectivity index (χ2v) is 5.99. The summed E-state index contributed by atoms with van der Waals surface area (Å²) in [5.74, 6) is 2.90. The number of aromatic nitrogens is 3. The van der Waals surface area contributed by atoms with Crippen LogP contribution in [0.15, 0.2) is 38.2 Å². The van der Waals surface area contributed by atoms with E-state index in [-0.39, 0.29) is 24.0 Å². The van der Waals surface area contributed by atoms with Crippen LogP contribution < -0.4 is 10.6 Å². The van der Waals surface area contributed by atoms with E-state index in [0.29, 0.717) is 41.7 Å². The maximum Gasteiger partial charge on any atom is 0.246 e. The van der Waals surface area contributed by atoms with Crippen molar-refractivity contribution in [3.63, 3.8) is 0 Å². The molecule has 2 aromatic heterocycles. The van der Waals surface area contributed by atoms with E-state index in [2.05, 4.69) is 30.8 Å². The van der Waals surface area contributed by atoms with Gasteiger partial charge in [0.2, 0.25) is 17.6 Å². The van der Waals surface area contributed by atoms with Crippen LogP contribution in [0.2, 0.25) is 5.02 Å². The zero-order chi connectivity index (χ0) is 18.5. The molecule has 0 atom stereocenters. The van der Waals surface area contributed by atoms with Crippen molar-refractivity contribution in [2.45, 2.75) is 26.9 Å². The fourth-order valence-electron chi connectivity index (χ4n) is 2.23. The molecule has 27 heavy (non-hydrogen) atoms. The van der Waals surface area contributed by atoms with Gasteiger partial charge in [-0.15, -0.1) is 24.0 Å². The molecule has 10 heteroatoms. The molecular formula is C17H20ClIN6O2. The summed E-state index contributed by atoms with van der Waals surface area (Å²) < 4.78 is 10.8. The first kappa shape index (κ1) is 21.2. The number of guanidine groups is 1. The molecule has 8 nitrogen and oxygen atoms in total. The van der Waals surface area contributed by atoms with Gasteiger partial charge in [-0.2, -0.15) is 4.98 Å². The highest BCUT2D eigenvalue weighted by Crippen LogP contribution is 2.19. The first-order valence-electron chi connectivity index (χ1n) is 8.01. The van der Waals surface area contributed by atoms with Gasteiger partial charge < -0.3 is 19.6 Å². The zero-order valence-corrected chi connectivity index (χ0v) is 18.2. The second kappa shape index (κ2) is 9.70. The number of benzene rings is 1. The summed E-state index contributed by atoms with van der Waals surface area (Å²) in [5, 5.41) is 10.8. The van der Waals surface area contributed by atoms with Crippen LogP contribution in [0.25, 0.3) is 11.4 Å². The molecule has 0 amide bonds. The minimum atomic E-state index is 0. The predicted molar refractivity (Wildman–Crippen MR) is 113 cm³/mol. The molecule has 0 bridgehead atoms. The second-order valence-electron chi connectivity index (χ2n) is 5.55. The van der Waals surface area contributed by atoms with Gasteiger partial charge in [0.05, 0.1) is 18.8 Å². The van der Waals surface area contributed by atoms with Gasteiger partial charge in [0.1, 0.15) is 5.76 Å². The molecule has 0 aliphatic heterocycles. The van der Waals surface area contributed by atoms with E-state index in [1.165, 1.54) is 0 Å². The Morgan fingerprint density at radius 1 is 1.15 bits per heavy atom. The van der Waals surface area contributed by atoms with E-state index in [4.69, 9.17) is 20.5 Å². The van der Waals surface area contributed by atoms with E-state index < -0.39 is 0 Å². The highest BCUT2D eigenvalue weighted by Gasteiger charge is 2.10. The van der Waals surface area contributed by atoms with E-state index >= 15 is 0 Å². The largest absolute Gasteiger partial charge is 0.444 e. The monoisotopic (exact) mass is 502 g/mol. The standard InChI is InChI=1S/C17H19ClN6O2.HI/c1-10-11(2)25-14(22-10)8-20-17(19-3)21-9-15-23-16(24-26-15)12-5-4-6-13(18)7-12;/h4-7H,8-9H2,1-3H3,(H2,19,20,21);1H. The number of nitrogens with one attached hydrogen (secondary N) is 2. The first-order valence-corrected chi connectivity index (χ1v) is 8.39. The highest BCUT2D eigenvalue weighted by atomic mass is 127. The number of aryl methyl sites for hydroxylation is 2. The molecule has 0 unspecified atom stereocenters. The predicted octanol–water partition coefficient (Wildman–Crippen LogP) is 3.48. The Morgan fingerprint density at radius 3 is 2.52 bits per heavy atom. The minimum Gasteiger partial charge on any atom is -0.444 e. The summed E-state index contributed by atoms with van der Waals surface area (Å²) in [6.07, 6.45) is 0. The van der Waals surface area contributed by atoms with Crippen LogP contribution in [0, 0.1) is 13.8 Å². The summed E-state index contributed by atoms with van der Waals surface area (Å²) in [6.45, 7) is 4.54. The maximum absolute atomic E-state index is 5.98. The van der Waals surface area contributed by atoms with Crippen molar-refractivity contribution in [1.82, 2.24) is 25.8 Å². The summed E-state index contributed by atoms with van der Waals surface area (Å²) in [6, 6.07) is 7.28. The fraction of sp³-hybridized carbons (Fsp3) is 0.294. The molecule has 3 rings (SSSR count). The van der Waals surface area contributed by atoms with E-state index in [9.17, 15) is 0 Å². The van der Waals surface area contributed by atoms with Crippen molar-refractivity contribution in [2.24, 2.45) is 4.99 Å². The molecule has 0 aliphatic carbocycles. The molecule has 0 saturated carbocycles. The Morgan fingerprint density at radius 2 is 1.89 bits per heavy atom. The van der Waals surface area contributed by atoms with Gasteiger partial charge in [-0.05, 0) is 26.0 Å². The molecule has 0 aliphatic rings. The Kier molecular flexibility index (Phi) is 7.60. The highest BCUT2D eigenvalue weighted by molar-refractivity contribution is 14.0. The normalized spacial score (nSPS) is 11.2. The lowest BCUT2D eigenvalue weighted by Gasteiger charge is -2.08. The summed E-state index contributed by atoms with van der Waals surface area (Å²) in [7, 11) is 1.67. The summed E-state index contributed by atoms with van der Waals surface area (Å²) in [4.78, 5) is 12.8. The van der Waals surface area contributed by atoms with Gasteiger partial charge in [0.25, 0.3) is 0 Å².